The fraction of sp³-hybridized carbons (Fsp3) is 0.455. The summed E-state index contributed by atoms with van der Waals surface area (Å²) in [6, 6.07) is 3.84. The minimum absolute atomic E-state index is 0.371. The number of hydrogen-bond donors (Lipinski definition) is 1. The molecule has 0 unspecified atom stereocenters. The van der Waals surface area contributed by atoms with Crippen LogP contribution in [0.25, 0.3) is 0 Å². The summed E-state index contributed by atoms with van der Waals surface area (Å²) in [5.74, 6) is 5.69. The molecule has 0 saturated carbocycles. The summed E-state index contributed by atoms with van der Waals surface area (Å²) in [6.45, 7) is 1.52. The first kappa shape index (κ1) is 10.3. The lowest BCUT2D eigenvalue weighted by Crippen LogP contribution is -2.46. The predicted molar refractivity (Wildman–Crippen MR) is 57.0 cm³/mol. The number of aldehydes is 1. The second-order valence-corrected chi connectivity index (χ2v) is 4.05. The second-order valence-electron chi connectivity index (χ2n) is 4.05. The molecule has 4 heteroatoms. The molecular formula is C11H15N3O. The Labute approximate surface area is 89.1 Å². The summed E-state index contributed by atoms with van der Waals surface area (Å²) in [4.78, 5) is 15.4. The van der Waals surface area contributed by atoms with Gasteiger partial charge in [-0.15, -0.1) is 0 Å². The Kier molecular flexibility index (Phi) is 2.79. The molecule has 1 aliphatic heterocycles. The maximum Gasteiger partial charge on any atom is 0.130 e. The highest BCUT2D eigenvalue weighted by Gasteiger charge is 2.35. The zero-order valence-electron chi connectivity index (χ0n) is 8.60. The third kappa shape index (κ3) is 1.91. The van der Waals surface area contributed by atoms with Crippen molar-refractivity contribution in [3.05, 3.63) is 30.1 Å². The van der Waals surface area contributed by atoms with Crippen LogP contribution in [0.1, 0.15) is 18.4 Å². The first-order valence-corrected chi connectivity index (χ1v) is 5.13. The van der Waals surface area contributed by atoms with Gasteiger partial charge in [-0.25, -0.2) is 5.01 Å². The van der Waals surface area contributed by atoms with Gasteiger partial charge in [0.15, 0.2) is 0 Å². The maximum atomic E-state index is 11.3. The van der Waals surface area contributed by atoms with Crippen molar-refractivity contribution in [2.75, 3.05) is 13.1 Å². The molecule has 0 amide bonds. The van der Waals surface area contributed by atoms with E-state index in [1.54, 1.807) is 17.4 Å². The number of piperidine rings is 1. The highest BCUT2D eigenvalue weighted by molar-refractivity contribution is 5.68. The molecule has 0 aromatic carbocycles. The van der Waals surface area contributed by atoms with Crippen LogP contribution in [0.5, 0.6) is 0 Å². The molecule has 80 valence electrons. The standard InChI is InChI=1S/C11H15N3O/c12-14-6-3-11(9-15,4-7-14)10-2-1-5-13-8-10/h1-2,5,8-9H,3-4,6-7,12H2. The predicted octanol–water partition coefficient (Wildman–Crippen LogP) is 0.488. The average Bonchev–Trinajstić information content (AvgIpc) is 2.32. The van der Waals surface area contributed by atoms with Crippen LogP contribution >= 0.6 is 0 Å². The molecule has 0 spiro atoms. The van der Waals surface area contributed by atoms with Crippen molar-refractivity contribution in [2.45, 2.75) is 18.3 Å². The number of carbonyl (C=O) groups excluding carboxylic acids is 1. The van der Waals surface area contributed by atoms with E-state index in [0.29, 0.717) is 0 Å². The molecular weight excluding hydrogens is 190 g/mol. The third-order valence-corrected chi connectivity index (χ3v) is 3.15. The van der Waals surface area contributed by atoms with Crippen molar-refractivity contribution >= 4 is 6.29 Å². The van der Waals surface area contributed by atoms with Gasteiger partial charge < -0.3 is 4.79 Å². The summed E-state index contributed by atoms with van der Waals surface area (Å²) in [5.41, 5.74) is 0.637. The lowest BCUT2D eigenvalue weighted by molar-refractivity contribution is -0.114. The van der Waals surface area contributed by atoms with Gasteiger partial charge in [0.2, 0.25) is 0 Å². The van der Waals surface area contributed by atoms with E-state index in [1.165, 1.54) is 0 Å². The molecule has 15 heavy (non-hydrogen) atoms. The van der Waals surface area contributed by atoms with Crippen LogP contribution < -0.4 is 5.84 Å². The first-order chi connectivity index (χ1) is 7.27. The van der Waals surface area contributed by atoms with E-state index in [0.717, 1.165) is 37.8 Å². The van der Waals surface area contributed by atoms with Gasteiger partial charge in [0.1, 0.15) is 6.29 Å². The van der Waals surface area contributed by atoms with E-state index in [-0.39, 0.29) is 5.41 Å². The largest absolute Gasteiger partial charge is 0.302 e. The molecule has 1 aliphatic rings. The van der Waals surface area contributed by atoms with Crippen LogP contribution in [0.15, 0.2) is 24.5 Å². The summed E-state index contributed by atoms with van der Waals surface area (Å²) >= 11 is 0. The van der Waals surface area contributed by atoms with Gasteiger partial charge in [-0.1, -0.05) is 6.07 Å². The minimum Gasteiger partial charge on any atom is -0.302 e. The molecule has 1 saturated heterocycles. The molecule has 2 rings (SSSR count). The van der Waals surface area contributed by atoms with Gasteiger partial charge in [-0.2, -0.15) is 0 Å². The Morgan fingerprint density at radius 3 is 2.73 bits per heavy atom. The van der Waals surface area contributed by atoms with Gasteiger partial charge in [0, 0.05) is 25.5 Å². The Bertz CT molecular complexity index is 331. The summed E-state index contributed by atoms with van der Waals surface area (Å²) < 4.78 is 0. The van der Waals surface area contributed by atoms with E-state index in [9.17, 15) is 4.79 Å². The van der Waals surface area contributed by atoms with Crippen LogP contribution in [0.4, 0.5) is 0 Å². The van der Waals surface area contributed by atoms with Crippen LogP contribution in [0.2, 0.25) is 0 Å². The Balaban J connectivity index is 2.27. The first-order valence-electron chi connectivity index (χ1n) is 5.13. The number of nitrogens with two attached hydrogens (primary N) is 1. The maximum absolute atomic E-state index is 11.3. The number of aromatic nitrogens is 1. The van der Waals surface area contributed by atoms with E-state index in [2.05, 4.69) is 4.98 Å². The second kappa shape index (κ2) is 4.08. The van der Waals surface area contributed by atoms with Crippen LogP contribution in [-0.4, -0.2) is 29.4 Å². The third-order valence-electron chi connectivity index (χ3n) is 3.15. The molecule has 1 aromatic rings. The summed E-state index contributed by atoms with van der Waals surface area (Å²) in [5, 5.41) is 1.76. The Hall–Kier alpha value is -1.26. The molecule has 1 fully saturated rings. The molecule has 0 aliphatic carbocycles. The minimum atomic E-state index is -0.371. The lowest BCUT2D eigenvalue weighted by atomic mass is 9.75. The molecule has 2 N–H and O–H groups in total. The number of rotatable bonds is 2. The quantitative estimate of drug-likeness (QED) is 0.564. The summed E-state index contributed by atoms with van der Waals surface area (Å²) in [7, 11) is 0. The average molecular weight is 205 g/mol. The monoisotopic (exact) mass is 205 g/mol. The fourth-order valence-electron chi connectivity index (χ4n) is 2.05. The molecule has 0 bridgehead atoms. The van der Waals surface area contributed by atoms with Crippen molar-refractivity contribution in [1.29, 1.82) is 0 Å². The van der Waals surface area contributed by atoms with E-state index < -0.39 is 0 Å². The van der Waals surface area contributed by atoms with Crippen LogP contribution in [0.3, 0.4) is 0 Å². The normalized spacial score (nSPS) is 21.1. The SMILES string of the molecule is NN1CCC(C=O)(c2cccnc2)CC1. The zero-order valence-corrected chi connectivity index (χ0v) is 8.60. The smallest absolute Gasteiger partial charge is 0.130 e. The highest BCUT2D eigenvalue weighted by atomic mass is 16.1. The lowest BCUT2D eigenvalue weighted by Gasteiger charge is -2.36. The van der Waals surface area contributed by atoms with Crippen molar-refractivity contribution in [1.82, 2.24) is 9.99 Å². The van der Waals surface area contributed by atoms with Gasteiger partial charge in [-0.3, -0.25) is 10.8 Å². The number of hydrogen-bond acceptors (Lipinski definition) is 4. The van der Waals surface area contributed by atoms with Gasteiger partial charge in [-0.05, 0) is 24.5 Å². The number of pyridine rings is 1. The summed E-state index contributed by atoms with van der Waals surface area (Å²) in [6.07, 6.45) is 6.11. The van der Waals surface area contributed by atoms with Crippen LogP contribution in [0, 0.1) is 0 Å². The van der Waals surface area contributed by atoms with Crippen molar-refractivity contribution in [2.24, 2.45) is 5.84 Å². The number of nitrogens with zero attached hydrogens (tertiary/aromatic N) is 2. The molecule has 2 heterocycles. The van der Waals surface area contributed by atoms with Gasteiger partial charge in [0.25, 0.3) is 0 Å². The molecule has 1 aromatic heterocycles. The number of hydrazine groups is 1. The zero-order chi connectivity index (χ0) is 10.7. The van der Waals surface area contributed by atoms with E-state index in [4.69, 9.17) is 5.84 Å². The Morgan fingerprint density at radius 2 is 2.20 bits per heavy atom. The highest BCUT2D eigenvalue weighted by Crippen LogP contribution is 2.32. The van der Waals surface area contributed by atoms with Gasteiger partial charge >= 0.3 is 0 Å². The molecule has 4 nitrogen and oxygen atoms in total. The van der Waals surface area contributed by atoms with Crippen molar-refractivity contribution in [3.8, 4) is 0 Å². The van der Waals surface area contributed by atoms with Crippen molar-refractivity contribution < 1.29 is 4.79 Å². The van der Waals surface area contributed by atoms with Gasteiger partial charge in [0.05, 0.1) is 5.41 Å². The topological polar surface area (TPSA) is 59.2 Å². The Morgan fingerprint density at radius 1 is 1.47 bits per heavy atom. The molecule has 0 radical (unpaired) electrons. The fourth-order valence-corrected chi connectivity index (χ4v) is 2.05. The van der Waals surface area contributed by atoms with Crippen LogP contribution in [-0.2, 0) is 10.2 Å². The van der Waals surface area contributed by atoms with E-state index >= 15 is 0 Å². The molecule has 0 atom stereocenters. The number of carbonyl (C=O) groups is 1. The van der Waals surface area contributed by atoms with Crippen molar-refractivity contribution in [3.63, 3.8) is 0 Å². The van der Waals surface area contributed by atoms with E-state index in [1.807, 2.05) is 12.1 Å².